The molecule has 0 fully saturated rings. The van der Waals surface area contributed by atoms with Crippen molar-refractivity contribution in [2.75, 3.05) is 12.8 Å². The van der Waals surface area contributed by atoms with Gasteiger partial charge >= 0.3 is 0 Å². The van der Waals surface area contributed by atoms with Crippen LogP contribution in [0.25, 0.3) is 10.9 Å². The molecule has 0 saturated heterocycles. The normalized spacial score (nSPS) is 12.0. The minimum Gasteiger partial charge on any atom is -0.358 e. The van der Waals surface area contributed by atoms with Crippen LogP contribution in [0, 0.1) is 0 Å². The average molecular weight is 394 g/mol. The molecule has 0 bridgehead atoms. The number of carbonyl (C=O) groups is 2. The van der Waals surface area contributed by atoms with E-state index < -0.39 is 21.5 Å². The van der Waals surface area contributed by atoms with Gasteiger partial charge in [0.15, 0.2) is 9.84 Å². The minimum atomic E-state index is -3.82. The molecule has 0 saturated carbocycles. The number of hydrogen-bond acceptors (Lipinski definition) is 4. The number of benzene rings is 1. The number of fused-ring (bicyclic) bond motifs is 1. The van der Waals surface area contributed by atoms with Crippen LogP contribution < -0.4 is 5.32 Å². The summed E-state index contributed by atoms with van der Waals surface area (Å²) in [5.74, 6) is -1.29. The van der Waals surface area contributed by atoms with Crippen LogP contribution in [-0.2, 0) is 26.0 Å². The monoisotopic (exact) mass is 393 g/mol. The van der Waals surface area contributed by atoms with E-state index >= 15 is 0 Å². The quantitative estimate of drug-likeness (QED) is 0.777. The van der Waals surface area contributed by atoms with Gasteiger partial charge in [-0.05, 0) is 33.8 Å². The zero-order valence-electron chi connectivity index (χ0n) is 16.4. The number of sulfone groups is 1. The van der Waals surface area contributed by atoms with Crippen molar-refractivity contribution in [2.45, 2.75) is 51.2 Å². The number of hydrogen-bond donors (Lipinski definition) is 1. The van der Waals surface area contributed by atoms with Crippen molar-refractivity contribution in [3.05, 3.63) is 30.5 Å². The predicted molar refractivity (Wildman–Crippen MR) is 105 cm³/mol. The van der Waals surface area contributed by atoms with Gasteiger partial charge in [-0.1, -0.05) is 18.2 Å². The van der Waals surface area contributed by atoms with Gasteiger partial charge < -0.3 is 14.8 Å². The van der Waals surface area contributed by atoms with Crippen LogP contribution in [-0.4, -0.2) is 54.6 Å². The lowest BCUT2D eigenvalue weighted by Gasteiger charge is -2.31. The molecule has 0 atom stereocenters. The molecule has 0 radical (unpaired) electrons. The number of nitrogens with one attached hydrogen (secondary N) is 1. The Morgan fingerprint density at radius 3 is 2.26 bits per heavy atom. The van der Waals surface area contributed by atoms with E-state index in [2.05, 4.69) is 5.32 Å². The fraction of sp³-hybridized carbons (Fsp3) is 0.474. The average Bonchev–Trinajstić information content (AvgIpc) is 2.93. The fourth-order valence-electron chi connectivity index (χ4n) is 3.31. The summed E-state index contributed by atoms with van der Waals surface area (Å²) >= 11 is 0. The lowest BCUT2D eigenvalue weighted by atomic mass is 10.2. The predicted octanol–water partition coefficient (Wildman–Crippen LogP) is 1.81. The number of carbonyl (C=O) groups excluding carboxylic acids is 2. The summed E-state index contributed by atoms with van der Waals surface area (Å²) in [4.78, 5) is 26.3. The maximum Gasteiger partial charge on any atom is 0.242 e. The molecule has 8 heteroatoms. The van der Waals surface area contributed by atoms with Crippen LogP contribution >= 0.6 is 0 Å². The Hall–Kier alpha value is -2.35. The molecule has 1 N–H and O–H groups in total. The van der Waals surface area contributed by atoms with Gasteiger partial charge in [0.1, 0.15) is 12.3 Å². The topological polar surface area (TPSA) is 88.5 Å². The number of amides is 2. The van der Waals surface area contributed by atoms with Crippen LogP contribution in [0.15, 0.2) is 35.4 Å². The van der Waals surface area contributed by atoms with Crippen molar-refractivity contribution in [1.29, 1.82) is 0 Å². The van der Waals surface area contributed by atoms with Gasteiger partial charge in [0.25, 0.3) is 0 Å². The number of rotatable bonds is 7. The van der Waals surface area contributed by atoms with Gasteiger partial charge in [0, 0.05) is 36.2 Å². The Kier molecular flexibility index (Phi) is 6.30. The molecule has 1 heterocycles. The van der Waals surface area contributed by atoms with Crippen molar-refractivity contribution in [3.63, 3.8) is 0 Å². The van der Waals surface area contributed by atoms with E-state index in [1.54, 1.807) is 33.7 Å². The second-order valence-electron chi connectivity index (χ2n) is 7.06. The molecular weight excluding hydrogens is 366 g/mol. The molecule has 0 aliphatic carbocycles. The van der Waals surface area contributed by atoms with E-state index in [4.69, 9.17) is 0 Å². The first-order valence-corrected chi connectivity index (χ1v) is 10.6. The van der Waals surface area contributed by atoms with Gasteiger partial charge in [0.05, 0.1) is 4.90 Å². The van der Waals surface area contributed by atoms with Crippen molar-refractivity contribution in [3.8, 4) is 0 Å². The summed E-state index contributed by atoms with van der Waals surface area (Å²) in [5.41, 5.74) is 0.647. The zero-order chi connectivity index (χ0) is 20.4. The molecular formula is C19H27N3O4S. The summed E-state index contributed by atoms with van der Waals surface area (Å²) in [6.07, 6.45) is 1.46. The van der Waals surface area contributed by atoms with Crippen LogP contribution in [0.1, 0.15) is 27.7 Å². The van der Waals surface area contributed by atoms with Crippen molar-refractivity contribution in [1.82, 2.24) is 14.8 Å². The summed E-state index contributed by atoms with van der Waals surface area (Å²) in [6, 6.07) is 7.07. The molecule has 148 valence electrons. The first-order valence-electron chi connectivity index (χ1n) is 8.90. The standard InChI is InChI=1S/C19H27N3O4S/c1-13(2)22(14(3)4)19(24)11-21-10-17(15-8-6-7-9-16(15)21)27(25,26)12-18(23)20-5/h6-10,13-14H,11-12H2,1-5H3,(H,20,23). The molecule has 7 nitrogen and oxygen atoms in total. The fourth-order valence-corrected chi connectivity index (χ4v) is 4.75. The molecule has 27 heavy (non-hydrogen) atoms. The van der Waals surface area contributed by atoms with E-state index in [0.717, 1.165) is 0 Å². The van der Waals surface area contributed by atoms with Gasteiger partial charge in [-0.25, -0.2) is 8.42 Å². The second-order valence-corrected chi connectivity index (χ2v) is 9.02. The number of nitrogens with zero attached hydrogens (tertiary/aromatic N) is 2. The molecule has 1 aromatic carbocycles. The lowest BCUT2D eigenvalue weighted by molar-refractivity contribution is -0.135. The summed E-state index contributed by atoms with van der Waals surface area (Å²) in [6.45, 7) is 7.83. The minimum absolute atomic E-state index is 0.0341. The summed E-state index contributed by atoms with van der Waals surface area (Å²) in [5, 5.41) is 2.84. The third-order valence-electron chi connectivity index (χ3n) is 4.39. The first-order chi connectivity index (χ1) is 12.6. The Balaban J connectivity index is 2.48. The second kappa shape index (κ2) is 8.12. The molecule has 0 aliphatic heterocycles. The van der Waals surface area contributed by atoms with Crippen LogP contribution in [0.3, 0.4) is 0 Å². The SMILES string of the molecule is CNC(=O)CS(=O)(=O)c1cn(CC(=O)N(C(C)C)C(C)C)c2ccccc12. The van der Waals surface area contributed by atoms with E-state index in [1.165, 1.54) is 13.2 Å². The highest BCUT2D eigenvalue weighted by molar-refractivity contribution is 7.92. The van der Waals surface area contributed by atoms with Gasteiger partial charge in [-0.2, -0.15) is 0 Å². The van der Waals surface area contributed by atoms with E-state index in [0.29, 0.717) is 10.9 Å². The summed E-state index contributed by atoms with van der Waals surface area (Å²) < 4.78 is 27.0. The molecule has 2 amide bonds. The smallest absolute Gasteiger partial charge is 0.242 e. The highest BCUT2D eigenvalue weighted by atomic mass is 32.2. The zero-order valence-corrected chi connectivity index (χ0v) is 17.2. The maximum atomic E-state index is 12.8. The maximum absolute atomic E-state index is 12.8. The Morgan fingerprint density at radius 2 is 1.70 bits per heavy atom. The van der Waals surface area contributed by atoms with E-state index in [-0.39, 0.29) is 29.4 Å². The third kappa shape index (κ3) is 4.50. The van der Waals surface area contributed by atoms with Gasteiger partial charge in [-0.15, -0.1) is 0 Å². The highest BCUT2D eigenvalue weighted by Gasteiger charge is 2.26. The Bertz CT molecular complexity index is 937. The Morgan fingerprint density at radius 1 is 1.11 bits per heavy atom. The largest absolute Gasteiger partial charge is 0.358 e. The molecule has 0 aliphatic rings. The van der Waals surface area contributed by atoms with E-state index in [1.807, 2.05) is 27.7 Å². The van der Waals surface area contributed by atoms with Gasteiger partial charge in [0.2, 0.25) is 11.8 Å². The van der Waals surface area contributed by atoms with Crippen LogP contribution in [0.2, 0.25) is 0 Å². The number of aromatic nitrogens is 1. The first kappa shape index (κ1) is 21.0. The molecule has 2 aromatic rings. The van der Waals surface area contributed by atoms with Crippen molar-refractivity contribution < 1.29 is 18.0 Å². The number of para-hydroxylation sites is 1. The molecule has 0 spiro atoms. The molecule has 0 unspecified atom stereocenters. The van der Waals surface area contributed by atoms with E-state index in [9.17, 15) is 18.0 Å². The molecule has 1 aromatic heterocycles. The third-order valence-corrected chi connectivity index (χ3v) is 6.03. The lowest BCUT2D eigenvalue weighted by Crippen LogP contribution is -2.43. The summed E-state index contributed by atoms with van der Waals surface area (Å²) in [7, 11) is -2.43. The van der Waals surface area contributed by atoms with Crippen molar-refractivity contribution in [2.24, 2.45) is 0 Å². The molecule has 2 rings (SSSR count). The Labute approximate surface area is 160 Å². The van der Waals surface area contributed by atoms with Crippen LogP contribution in [0.5, 0.6) is 0 Å². The van der Waals surface area contributed by atoms with Gasteiger partial charge in [-0.3, -0.25) is 9.59 Å². The highest BCUT2D eigenvalue weighted by Crippen LogP contribution is 2.26. The van der Waals surface area contributed by atoms with Crippen molar-refractivity contribution >= 4 is 32.6 Å². The van der Waals surface area contributed by atoms with Crippen LogP contribution in [0.4, 0.5) is 0 Å².